The molecule has 25 heavy (non-hydrogen) atoms. The van der Waals surface area contributed by atoms with Crippen LogP contribution in [0.5, 0.6) is 5.75 Å². The number of allylic oxidation sites excluding steroid dienone is 2. The molecule has 0 saturated heterocycles. The SMILES string of the molecule is COc1ccc(/C(=C/C=C/c2ccccc2)c2ccccc2N)cc1. The molecule has 2 N–H and O–H groups in total. The second-order valence-electron chi connectivity index (χ2n) is 5.67. The van der Waals surface area contributed by atoms with E-state index in [9.17, 15) is 0 Å². The van der Waals surface area contributed by atoms with Gasteiger partial charge in [0.15, 0.2) is 0 Å². The van der Waals surface area contributed by atoms with Crippen molar-refractivity contribution in [2.75, 3.05) is 12.8 Å². The molecule has 0 radical (unpaired) electrons. The van der Waals surface area contributed by atoms with Gasteiger partial charge in [0.05, 0.1) is 7.11 Å². The summed E-state index contributed by atoms with van der Waals surface area (Å²) >= 11 is 0. The largest absolute Gasteiger partial charge is 0.497 e. The molecule has 3 rings (SSSR count). The fourth-order valence-electron chi connectivity index (χ4n) is 2.67. The summed E-state index contributed by atoms with van der Waals surface area (Å²) in [4.78, 5) is 0. The number of nitrogens with two attached hydrogens (primary N) is 1. The summed E-state index contributed by atoms with van der Waals surface area (Å²) in [6.45, 7) is 0. The number of para-hydroxylation sites is 1. The lowest BCUT2D eigenvalue weighted by Gasteiger charge is -2.11. The Hall–Kier alpha value is -3.26. The minimum atomic E-state index is 0.762. The highest BCUT2D eigenvalue weighted by molar-refractivity contribution is 5.86. The molecule has 2 nitrogen and oxygen atoms in total. The minimum Gasteiger partial charge on any atom is -0.497 e. The zero-order valence-electron chi connectivity index (χ0n) is 14.2. The van der Waals surface area contributed by atoms with Crippen molar-refractivity contribution in [1.29, 1.82) is 0 Å². The Balaban J connectivity index is 2.01. The smallest absolute Gasteiger partial charge is 0.118 e. The van der Waals surface area contributed by atoms with Gasteiger partial charge < -0.3 is 10.5 Å². The van der Waals surface area contributed by atoms with E-state index in [2.05, 4.69) is 30.4 Å². The molecular formula is C23H21NO. The van der Waals surface area contributed by atoms with E-state index in [4.69, 9.17) is 10.5 Å². The summed E-state index contributed by atoms with van der Waals surface area (Å²) < 4.78 is 5.26. The molecule has 124 valence electrons. The summed E-state index contributed by atoms with van der Waals surface area (Å²) in [7, 11) is 1.67. The molecule has 0 aromatic heterocycles. The predicted molar refractivity (Wildman–Crippen MR) is 106 cm³/mol. The summed E-state index contributed by atoms with van der Waals surface area (Å²) in [5, 5.41) is 0. The van der Waals surface area contributed by atoms with E-state index in [0.717, 1.165) is 33.7 Å². The molecule has 0 saturated carbocycles. The van der Waals surface area contributed by atoms with Crippen LogP contribution in [0.15, 0.2) is 91.0 Å². The van der Waals surface area contributed by atoms with Gasteiger partial charge in [-0.15, -0.1) is 0 Å². The van der Waals surface area contributed by atoms with Crippen LogP contribution in [0.2, 0.25) is 0 Å². The fraction of sp³-hybridized carbons (Fsp3) is 0.0435. The molecule has 0 heterocycles. The van der Waals surface area contributed by atoms with E-state index in [1.54, 1.807) is 7.11 Å². The third-order valence-corrected chi connectivity index (χ3v) is 4.00. The van der Waals surface area contributed by atoms with E-state index >= 15 is 0 Å². The van der Waals surface area contributed by atoms with Gasteiger partial charge in [-0.25, -0.2) is 0 Å². The molecule has 0 aliphatic heterocycles. The van der Waals surface area contributed by atoms with Crippen LogP contribution in [0, 0.1) is 0 Å². The van der Waals surface area contributed by atoms with Crippen LogP contribution in [-0.2, 0) is 0 Å². The number of hydrogen-bond donors (Lipinski definition) is 1. The highest BCUT2D eigenvalue weighted by Crippen LogP contribution is 2.29. The Morgan fingerprint density at radius 2 is 1.52 bits per heavy atom. The van der Waals surface area contributed by atoms with E-state index in [0.29, 0.717) is 0 Å². The average molecular weight is 327 g/mol. The van der Waals surface area contributed by atoms with Gasteiger partial charge in [-0.2, -0.15) is 0 Å². The van der Waals surface area contributed by atoms with Gasteiger partial charge in [0.25, 0.3) is 0 Å². The van der Waals surface area contributed by atoms with Crippen molar-refractivity contribution in [3.8, 4) is 5.75 Å². The van der Waals surface area contributed by atoms with E-state index in [1.165, 1.54) is 0 Å². The highest BCUT2D eigenvalue weighted by Gasteiger charge is 2.07. The fourth-order valence-corrected chi connectivity index (χ4v) is 2.67. The Bertz CT molecular complexity index is 877. The first-order valence-corrected chi connectivity index (χ1v) is 8.20. The number of hydrogen-bond acceptors (Lipinski definition) is 2. The molecule has 0 fully saturated rings. The van der Waals surface area contributed by atoms with Crippen LogP contribution in [0.4, 0.5) is 5.69 Å². The van der Waals surface area contributed by atoms with Crippen LogP contribution >= 0.6 is 0 Å². The first kappa shape index (κ1) is 16.6. The van der Waals surface area contributed by atoms with Crippen LogP contribution in [0.3, 0.4) is 0 Å². The van der Waals surface area contributed by atoms with Crippen molar-refractivity contribution < 1.29 is 4.74 Å². The van der Waals surface area contributed by atoms with Crippen LogP contribution in [0.1, 0.15) is 16.7 Å². The average Bonchev–Trinajstić information content (AvgIpc) is 2.67. The molecule has 3 aromatic rings. The number of ether oxygens (including phenoxy) is 1. The number of anilines is 1. The maximum absolute atomic E-state index is 6.21. The molecule has 0 atom stereocenters. The van der Waals surface area contributed by atoms with Crippen molar-refractivity contribution in [2.24, 2.45) is 0 Å². The summed E-state index contributed by atoms with van der Waals surface area (Å²) in [6.07, 6.45) is 6.24. The Morgan fingerprint density at radius 3 is 2.20 bits per heavy atom. The molecule has 0 bridgehead atoms. The van der Waals surface area contributed by atoms with Gasteiger partial charge in [-0.05, 0) is 34.9 Å². The predicted octanol–water partition coefficient (Wildman–Crippen LogP) is 5.42. The van der Waals surface area contributed by atoms with Gasteiger partial charge in [-0.1, -0.05) is 78.9 Å². The Labute approximate surface area is 148 Å². The Kier molecular flexibility index (Phi) is 5.32. The number of methoxy groups -OCH3 is 1. The summed E-state index contributed by atoms with van der Waals surface area (Å²) in [6, 6.07) is 26.2. The second-order valence-corrected chi connectivity index (χ2v) is 5.67. The third-order valence-electron chi connectivity index (χ3n) is 4.00. The van der Waals surface area contributed by atoms with Crippen molar-refractivity contribution in [3.63, 3.8) is 0 Å². The zero-order chi connectivity index (χ0) is 17.5. The topological polar surface area (TPSA) is 35.2 Å². The Morgan fingerprint density at radius 1 is 0.840 bits per heavy atom. The molecule has 3 aromatic carbocycles. The number of nitrogen functional groups attached to an aromatic ring is 1. The molecule has 0 spiro atoms. The van der Waals surface area contributed by atoms with E-state index in [1.807, 2.05) is 66.7 Å². The van der Waals surface area contributed by atoms with Gasteiger partial charge >= 0.3 is 0 Å². The maximum atomic E-state index is 6.21. The van der Waals surface area contributed by atoms with Crippen LogP contribution in [0.25, 0.3) is 11.6 Å². The minimum absolute atomic E-state index is 0.762. The molecule has 0 unspecified atom stereocenters. The summed E-state index contributed by atoms with van der Waals surface area (Å²) in [5.41, 5.74) is 11.3. The number of benzene rings is 3. The maximum Gasteiger partial charge on any atom is 0.118 e. The lowest BCUT2D eigenvalue weighted by Crippen LogP contribution is -1.95. The second kappa shape index (κ2) is 8.02. The molecule has 0 aliphatic carbocycles. The third kappa shape index (κ3) is 4.18. The summed E-state index contributed by atoms with van der Waals surface area (Å²) in [5.74, 6) is 0.837. The van der Waals surface area contributed by atoms with Gasteiger partial charge in [0, 0.05) is 11.3 Å². The van der Waals surface area contributed by atoms with E-state index < -0.39 is 0 Å². The van der Waals surface area contributed by atoms with Crippen molar-refractivity contribution in [3.05, 3.63) is 108 Å². The normalized spacial score (nSPS) is 11.6. The first-order chi connectivity index (χ1) is 12.3. The van der Waals surface area contributed by atoms with Crippen molar-refractivity contribution >= 4 is 17.3 Å². The molecule has 0 amide bonds. The van der Waals surface area contributed by atoms with Crippen LogP contribution in [-0.4, -0.2) is 7.11 Å². The van der Waals surface area contributed by atoms with E-state index in [-0.39, 0.29) is 0 Å². The lowest BCUT2D eigenvalue weighted by molar-refractivity contribution is 0.415. The van der Waals surface area contributed by atoms with Gasteiger partial charge in [0.2, 0.25) is 0 Å². The highest BCUT2D eigenvalue weighted by atomic mass is 16.5. The lowest BCUT2D eigenvalue weighted by atomic mass is 9.96. The quantitative estimate of drug-likeness (QED) is 0.501. The molecule has 2 heteroatoms. The van der Waals surface area contributed by atoms with Gasteiger partial charge in [-0.3, -0.25) is 0 Å². The standard InChI is InChI=1S/C23H21NO/c1-25-20-16-14-19(15-17-20)21(22-11-5-6-13-23(22)24)12-7-10-18-8-3-2-4-9-18/h2-17H,24H2,1H3/b10-7+,21-12-. The van der Waals surface area contributed by atoms with Crippen LogP contribution < -0.4 is 10.5 Å². The van der Waals surface area contributed by atoms with Gasteiger partial charge in [0.1, 0.15) is 5.75 Å². The molecule has 0 aliphatic rings. The molecular weight excluding hydrogens is 306 g/mol. The monoisotopic (exact) mass is 327 g/mol. The number of rotatable bonds is 5. The van der Waals surface area contributed by atoms with Crippen molar-refractivity contribution in [2.45, 2.75) is 0 Å². The zero-order valence-corrected chi connectivity index (χ0v) is 14.2. The van der Waals surface area contributed by atoms with Crippen molar-refractivity contribution in [1.82, 2.24) is 0 Å². The first-order valence-electron chi connectivity index (χ1n) is 8.20.